The largest absolute Gasteiger partial charge is 0.381 e. The summed E-state index contributed by atoms with van der Waals surface area (Å²) in [6.45, 7) is 7.27. The van der Waals surface area contributed by atoms with Crippen LogP contribution in [-0.2, 0) is 11.3 Å². The van der Waals surface area contributed by atoms with Gasteiger partial charge < -0.3 is 14.6 Å². The molecular formula is C15H25N3O2. The molecular weight excluding hydrogens is 254 g/mol. The number of hydrogen-bond acceptors (Lipinski definition) is 4. The van der Waals surface area contributed by atoms with E-state index in [-0.39, 0.29) is 5.56 Å². The Bertz CT molecular complexity index is 466. The third kappa shape index (κ3) is 4.96. The van der Waals surface area contributed by atoms with Crippen molar-refractivity contribution < 1.29 is 4.74 Å². The zero-order valence-electron chi connectivity index (χ0n) is 12.5. The first-order valence-electron chi connectivity index (χ1n) is 7.54. The Morgan fingerprint density at radius 2 is 2.30 bits per heavy atom. The van der Waals surface area contributed by atoms with Crippen LogP contribution in [0.5, 0.6) is 0 Å². The van der Waals surface area contributed by atoms with E-state index < -0.39 is 0 Å². The van der Waals surface area contributed by atoms with Crippen LogP contribution >= 0.6 is 0 Å². The quantitative estimate of drug-likeness (QED) is 0.704. The second-order valence-corrected chi connectivity index (χ2v) is 5.93. The van der Waals surface area contributed by atoms with Crippen molar-refractivity contribution in [3.05, 3.63) is 22.7 Å². The van der Waals surface area contributed by atoms with E-state index in [1.807, 2.05) is 0 Å². The van der Waals surface area contributed by atoms with Crippen LogP contribution in [0.25, 0.3) is 0 Å². The smallest absolute Gasteiger partial charge is 0.293 e. The van der Waals surface area contributed by atoms with E-state index in [2.05, 4.69) is 24.1 Å². The van der Waals surface area contributed by atoms with Gasteiger partial charge in [0.25, 0.3) is 5.56 Å². The van der Waals surface area contributed by atoms with Crippen LogP contribution in [0, 0.1) is 11.8 Å². The van der Waals surface area contributed by atoms with Gasteiger partial charge in [0.05, 0.1) is 0 Å². The molecule has 1 aromatic heterocycles. The normalized spacial score (nSPS) is 14.8. The second kappa shape index (κ2) is 7.43. The Hall–Kier alpha value is -1.36. The van der Waals surface area contributed by atoms with Crippen molar-refractivity contribution in [3.63, 3.8) is 0 Å². The summed E-state index contributed by atoms with van der Waals surface area (Å²) in [6.07, 6.45) is 6.96. The number of ether oxygens (including phenoxy) is 1. The molecule has 0 aromatic carbocycles. The fourth-order valence-electron chi connectivity index (χ4n) is 2.02. The minimum absolute atomic E-state index is 0.0416. The van der Waals surface area contributed by atoms with Gasteiger partial charge in [-0.05, 0) is 31.1 Å². The van der Waals surface area contributed by atoms with Crippen LogP contribution in [0.4, 0.5) is 5.82 Å². The van der Waals surface area contributed by atoms with E-state index in [1.54, 1.807) is 17.0 Å². The van der Waals surface area contributed by atoms with Gasteiger partial charge in [0.1, 0.15) is 0 Å². The maximum Gasteiger partial charge on any atom is 0.293 e. The van der Waals surface area contributed by atoms with E-state index in [0.717, 1.165) is 38.6 Å². The Labute approximate surface area is 120 Å². The maximum atomic E-state index is 12.1. The average Bonchev–Trinajstić information content (AvgIpc) is 3.21. The van der Waals surface area contributed by atoms with E-state index in [4.69, 9.17) is 4.74 Å². The van der Waals surface area contributed by atoms with Crippen molar-refractivity contribution in [2.45, 2.75) is 39.7 Å². The van der Waals surface area contributed by atoms with Crippen molar-refractivity contribution in [1.29, 1.82) is 0 Å². The summed E-state index contributed by atoms with van der Waals surface area (Å²) < 4.78 is 7.27. The van der Waals surface area contributed by atoms with Gasteiger partial charge in [0.2, 0.25) is 0 Å². The van der Waals surface area contributed by atoms with Crippen LogP contribution < -0.4 is 10.9 Å². The molecule has 0 saturated heterocycles. The van der Waals surface area contributed by atoms with Gasteiger partial charge in [-0.3, -0.25) is 4.79 Å². The lowest BCUT2D eigenvalue weighted by Crippen LogP contribution is -2.26. The van der Waals surface area contributed by atoms with Crippen LogP contribution in [-0.4, -0.2) is 29.3 Å². The van der Waals surface area contributed by atoms with Gasteiger partial charge in [-0.15, -0.1) is 0 Å². The molecule has 0 bridgehead atoms. The predicted molar refractivity (Wildman–Crippen MR) is 80.0 cm³/mol. The average molecular weight is 279 g/mol. The summed E-state index contributed by atoms with van der Waals surface area (Å²) in [5.74, 6) is 1.69. The van der Waals surface area contributed by atoms with Crippen molar-refractivity contribution in [2.24, 2.45) is 11.8 Å². The highest BCUT2D eigenvalue weighted by Crippen LogP contribution is 2.28. The first-order chi connectivity index (χ1) is 9.66. The summed E-state index contributed by atoms with van der Waals surface area (Å²) in [5, 5.41) is 3.11. The molecule has 5 heteroatoms. The molecule has 0 spiro atoms. The summed E-state index contributed by atoms with van der Waals surface area (Å²) >= 11 is 0. The Morgan fingerprint density at radius 3 is 3.00 bits per heavy atom. The zero-order valence-corrected chi connectivity index (χ0v) is 12.5. The molecule has 0 radical (unpaired) electrons. The fraction of sp³-hybridized carbons (Fsp3) is 0.733. The molecule has 112 valence electrons. The van der Waals surface area contributed by atoms with E-state index >= 15 is 0 Å². The molecule has 0 amide bonds. The van der Waals surface area contributed by atoms with Crippen molar-refractivity contribution >= 4 is 5.82 Å². The summed E-state index contributed by atoms with van der Waals surface area (Å²) in [5.41, 5.74) is -0.0416. The minimum atomic E-state index is -0.0416. The molecule has 1 aliphatic carbocycles. The first kappa shape index (κ1) is 15.0. The third-order valence-electron chi connectivity index (χ3n) is 3.28. The summed E-state index contributed by atoms with van der Waals surface area (Å²) in [7, 11) is 0. The Balaban J connectivity index is 1.72. The molecule has 1 N–H and O–H groups in total. The number of nitrogens with zero attached hydrogens (tertiary/aromatic N) is 2. The molecule has 20 heavy (non-hydrogen) atoms. The molecule has 1 fully saturated rings. The van der Waals surface area contributed by atoms with E-state index in [9.17, 15) is 4.79 Å². The Kier molecular flexibility index (Phi) is 5.59. The van der Waals surface area contributed by atoms with Crippen LogP contribution in [0.15, 0.2) is 17.2 Å². The third-order valence-corrected chi connectivity index (χ3v) is 3.28. The maximum absolute atomic E-state index is 12.1. The van der Waals surface area contributed by atoms with Gasteiger partial charge in [-0.1, -0.05) is 13.8 Å². The van der Waals surface area contributed by atoms with Gasteiger partial charge >= 0.3 is 0 Å². The second-order valence-electron chi connectivity index (χ2n) is 5.93. The number of anilines is 1. The van der Waals surface area contributed by atoms with Gasteiger partial charge in [0.15, 0.2) is 5.82 Å². The molecule has 1 heterocycles. The van der Waals surface area contributed by atoms with Crippen LogP contribution in [0.1, 0.15) is 33.1 Å². The summed E-state index contributed by atoms with van der Waals surface area (Å²) in [6, 6.07) is 0. The minimum Gasteiger partial charge on any atom is -0.381 e. The number of nitrogens with one attached hydrogen (secondary N) is 1. The lowest BCUT2D eigenvalue weighted by Gasteiger charge is -2.10. The highest BCUT2D eigenvalue weighted by molar-refractivity contribution is 5.30. The molecule has 5 nitrogen and oxygen atoms in total. The predicted octanol–water partition coefficient (Wildman–Crippen LogP) is 2.13. The van der Waals surface area contributed by atoms with Crippen molar-refractivity contribution in [3.8, 4) is 0 Å². The monoisotopic (exact) mass is 279 g/mol. The molecule has 0 aliphatic heterocycles. The highest BCUT2D eigenvalue weighted by Gasteiger charge is 2.20. The Morgan fingerprint density at radius 1 is 1.50 bits per heavy atom. The van der Waals surface area contributed by atoms with Crippen LogP contribution in [0.3, 0.4) is 0 Å². The number of rotatable bonds is 9. The molecule has 1 aromatic rings. The van der Waals surface area contributed by atoms with Gasteiger partial charge in [0, 0.05) is 38.7 Å². The molecule has 0 unspecified atom stereocenters. The van der Waals surface area contributed by atoms with E-state index in [1.165, 1.54) is 12.8 Å². The molecule has 0 atom stereocenters. The number of hydrogen-bond donors (Lipinski definition) is 1. The lowest BCUT2D eigenvalue weighted by molar-refractivity contribution is 0.124. The number of aromatic nitrogens is 2. The van der Waals surface area contributed by atoms with Crippen LogP contribution in [0.2, 0.25) is 0 Å². The highest BCUT2D eigenvalue weighted by atomic mass is 16.5. The summed E-state index contributed by atoms with van der Waals surface area (Å²) in [4.78, 5) is 16.2. The fourth-order valence-corrected chi connectivity index (χ4v) is 2.02. The van der Waals surface area contributed by atoms with E-state index in [0.29, 0.717) is 11.7 Å². The first-order valence-corrected chi connectivity index (χ1v) is 7.54. The van der Waals surface area contributed by atoms with Gasteiger partial charge in [-0.25, -0.2) is 4.98 Å². The standard InChI is InChI=1S/C15H25N3O2/c1-12(2)10-18-8-7-17-14(15(18)19)16-6-3-9-20-11-13-4-5-13/h7-8,12-13H,3-6,9-11H2,1-2H3,(H,16,17). The molecule has 1 aliphatic rings. The van der Waals surface area contributed by atoms with Gasteiger partial charge in [-0.2, -0.15) is 0 Å². The molecule has 1 saturated carbocycles. The lowest BCUT2D eigenvalue weighted by atomic mass is 10.2. The zero-order chi connectivity index (χ0) is 14.4. The topological polar surface area (TPSA) is 56.1 Å². The SMILES string of the molecule is CC(C)Cn1ccnc(NCCCOCC2CC2)c1=O. The van der Waals surface area contributed by atoms with Crippen molar-refractivity contribution in [1.82, 2.24) is 9.55 Å². The van der Waals surface area contributed by atoms with Crippen molar-refractivity contribution in [2.75, 3.05) is 25.1 Å². The molecule has 2 rings (SSSR count).